The first kappa shape index (κ1) is 57.5. The molecule has 7 amide bonds. The summed E-state index contributed by atoms with van der Waals surface area (Å²) in [7, 11) is 1.60. The van der Waals surface area contributed by atoms with Crippen LogP contribution < -0.4 is 54.4 Å². The van der Waals surface area contributed by atoms with Crippen molar-refractivity contribution < 1.29 is 43.8 Å². The number of phenols is 1. The molecule has 1 fully saturated rings. The standard InChI is InChI=1S/C46H75N13O9/c1-8-9-10-11-22-53-45(68)58-44(49)52-24-13-16-32(54-37(61)31(50-7)15-12-23-51-43(47)48)41(65)59-25-14-17-35(59)39(63)55-33(27-29-18-20-30(60)21-19-29)38(62)57-36(46(4,5)6)40(64)56-34(42(66)67)26-28(2)3/h1,18-21,28,31-36,50,60H,9-17,22-27H2,2-7H3,(H,54,61)(H,55,63)(H,56,64)(H,57,62)(H,66,67)(H4,47,48,51)(H4,49,52,53,58,68)/t31-,32-,33-,34-,35-,36+/m0/s1. The fourth-order valence-corrected chi connectivity index (χ4v) is 7.40. The number of likely N-dealkylation sites (N-methyl/N-ethyl adjacent to an activating group) is 1. The Morgan fingerprint density at radius 3 is 2.04 bits per heavy atom. The van der Waals surface area contributed by atoms with Gasteiger partial charge < -0.3 is 64.2 Å². The van der Waals surface area contributed by atoms with Crippen molar-refractivity contribution in [2.45, 2.75) is 141 Å². The minimum absolute atomic E-state index is 0.0238. The molecule has 0 saturated carbocycles. The second-order valence-electron chi connectivity index (χ2n) is 18.3. The van der Waals surface area contributed by atoms with Gasteiger partial charge >= 0.3 is 12.0 Å². The van der Waals surface area contributed by atoms with Crippen molar-refractivity contribution in [3.63, 3.8) is 0 Å². The zero-order valence-corrected chi connectivity index (χ0v) is 40.4. The maximum Gasteiger partial charge on any atom is 0.326 e. The number of nitrogens with one attached hydrogen (secondary N) is 7. The zero-order valence-electron chi connectivity index (χ0n) is 40.4. The molecule has 0 aliphatic carbocycles. The van der Waals surface area contributed by atoms with E-state index in [-0.39, 0.29) is 75.3 Å². The molecule has 1 saturated heterocycles. The first-order valence-corrected chi connectivity index (χ1v) is 23.1. The van der Waals surface area contributed by atoms with Crippen LogP contribution in [0.1, 0.15) is 104 Å². The molecule has 1 aliphatic rings. The van der Waals surface area contributed by atoms with E-state index >= 15 is 0 Å². The van der Waals surface area contributed by atoms with Crippen molar-refractivity contribution in [1.29, 1.82) is 0 Å². The molecule has 6 atom stereocenters. The number of urea groups is 1. The van der Waals surface area contributed by atoms with Gasteiger partial charge in [-0.2, -0.15) is 0 Å². The molecule has 22 heteroatoms. The van der Waals surface area contributed by atoms with E-state index in [2.05, 4.69) is 53.1 Å². The van der Waals surface area contributed by atoms with Crippen LogP contribution in [-0.2, 0) is 35.2 Å². The Kier molecular flexibility index (Phi) is 24.7. The third kappa shape index (κ3) is 20.9. The van der Waals surface area contributed by atoms with Gasteiger partial charge in [-0.1, -0.05) is 46.8 Å². The highest BCUT2D eigenvalue weighted by molar-refractivity contribution is 5.97. The lowest BCUT2D eigenvalue weighted by molar-refractivity contribution is -0.143. The van der Waals surface area contributed by atoms with Gasteiger partial charge in [0.1, 0.15) is 36.0 Å². The maximum absolute atomic E-state index is 14.5. The topological polar surface area (TPSA) is 350 Å². The van der Waals surface area contributed by atoms with Gasteiger partial charge in [0.25, 0.3) is 0 Å². The molecule has 1 heterocycles. The van der Waals surface area contributed by atoms with Gasteiger partial charge in [0, 0.05) is 39.0 Å². The quantitative estimate of drug-likeness (QED) is 0.0237. The summed E-state index contributed by atoms with van der Waals surface area (Å²) >= 11 is 0. The molecule has 0 radical (unpaired) electrons. The van der Waals surface area contributed by atoms with E-state index < -0.39 is 83.2 Å². The van der Waals surface area contributed by atoms with Crippen molar-refractivity contribution in [2.24, 2.45) is 38.5 Å². The Bertz CT molecular complexity index is 1940. The highest BCUT2D eigenvalue weighted by atomic mass is 16.4. The van der Waals surface area contributed by atoms with Crippen molar-refractivity contribution in [1.82, 2.24) is 42.1 Å². The highest BCUT2D eigenvalue weighted by Crippen LogP contribution is 2.23. The van der Waals surface area contributed by atoms with Crippen LogP contribution in [0.3, 0.4) is 0 Å². The Morgan fingerprint density at radius 1 is 0.838 bits per heavy atom. The number of guanidine groups is 2. The number of hydrogen-bond donors (Lipinski definition) is 12. The molecular formula is C46H75N13O9. The van der Waals surface area contributed by atoms with E-state index in [0.29, 0.717) is 44.2 Å². The number of benzene rings is 1. The Labute approximate surface area is 399 Å². The molecule has 0 bridgehead atoms. The average Bonchev–Trinajstić information content (AvgIpc) is 3.76. The summed E-state index contributed by atoms with van der Waals surface area (Å²) in [4.78, 5) is 104. The van der Waals surface area contributed by atoms with Crippen molar-refractivity contribution in [2.75, 3.05) is 33.2 Å². The molecule has 0 aromatic heterocycles. The number of carbonyl (C=O) groups is 7. The number of nitrogens with two attached hydrogens (primary N) is 3. The van der Waals surface area contributed by atoms with Crippen LogP contribution in [0, 0.1) is 23.7 Å². The second kappa shape index (κ2) is 29.2. The number of aliphatic imine (C=N–C) groups is 2. The number of phenolic OH excluding ortho intramolecular Hbond substituents is 1. The van der Waals surface area contributed by atoms with Crippen molar-refractivity contribution in [3.8, 4) is 18.1 Å². The maximum atomic E-state index is 14.5. The number of hydrogen-bond acceptors (Lipinski definition) is 11. The van der Waals surface area contributed by atoms with Crippen LogP contribution in [0.25, 0.3) is 0 Å². The van der Waals surface area contributed by atoms with Gasteiger partial charge in [-0.05, 0) is 93.9 Å². The molecule has 1 aliphatic heterocycles. The summed E-state index contributed by atoms with van der Waals surface area (Å²) in [5, 5.41) is 38.8. The number of nitrogens with zero attached hydrogens (tertiary/aromatic N) is 3. The minimum atomic E-state index is -1.30. The first-order chi connectivity index (χ1) is 32.1. The fourth-order valence-electron chi connectivity index (χ4n) is 7.40. The lowest BCUT2D eigenvalue weighted by atomic mass is 9.85. The second-order valence-corrected chi connectivity index (χ2v) is 18.3. The van der Waals surface area contributed by atoms with Crippen LogP contribution >= 0.6 is 0 Å². The number of aliphatic carboxylic acids is 1. The van der Waals surface area contributed by atoms with E-state index in [1.54, 1.807) is 40.0 Å². The van der Waals surface area contributed by atoms with Crippen LogP contribution in [0.2, 0.25) is 0 Å². The summed E-state index contributed by atoms with van der Waals surface area (Å²) in [6.07, 6.45) is 9.10. The summed E-state index contributed by atoms with van der Waals surface area (Å²) < 4.78 is 0. The Morgan fingerprint density at radius 2 is 1.46 bits per heavy atom. The number of carbonyl (C=O) groups excluding carboxylic acids is 6. The number of rotatable bonds is 27. The molecular weight excluding hydrogens is 879 g/mol. The summed E-state index contributed by atoms with van der Waals surface area (Å²) in [6.45, 7) is 9.64. The zero-order chi connectivity index (χ0) is 51.0. The first-order valence-electron chi connectivity index (χ1n) is 23.1. The molecule has 0 spiro atoms. The van der Waals surface area contributed by atoms with E-state index in [1.165, 1.54) is 17.0 Å². The lowest BCUT2D eigenvalue weighted by Gasteiger charge is -2.33. The Hall–Kier alpha value is -6.63. The summed E-state index contributed by atoms with van der Waals surface area (Å²) in [6, 6.07) is -1.22. The predicted molar refractivity (Wildman–Crippen MR) is 259 cm³/mol. The smallest absolute Gasteiger partial charge is 0.326 e. The van der Waals surface area contributed by atoms with E-state index in [1.807, 2.05) is 13.8 Å². The van der Waals surface area contributed by atoms with Gasteiger partial charge in [0.15, 0.2) is 11.9 Å². The van der Waals surface area contributed by atoms with Gasteiger partial charge in [0.2, 0.25) is 29.5 Å². The molecule has 68 heavy (non-hydrogen) atoms. The SMILES string of the molecule is C#CCCCCNC(=O)NC(N)=NCCC[C@H](NC(=O)[C@H](CCCN=C(N)N)NC)C(=O)N1CCC[C@H]1C(=O)N[C@@H](Cc1ccc(O)cc1)C(=O)N[C@H](C(=O)N[C@@H](CC(C)C)C(=O)O)C(C)(C)C. The lowest BCUT2D eigenvalue weighted by Crippen LogP contribution is -2.61. The van der Waals surface area contributed by atoms with Gasteiger partial charge in [0.05, 0.1) is 6.04 Å². The van der Waals surface area contributed by atoms with Crippen LogP contribution in [0.5, 0.6) is 5.75 Å². The van der Waals surface area contributed by atoms with E-state index in [9.17, 15) is 43.8 Å². The molecule has 22 nitrogen and oxygen atoms in total. The minimum Gasteiger partial charge on any atom is -0.508 e. The molecule has 378 valence electrons. The number of unbranched alkanes of at least 4 members (excludes halogenated alkanes) is 2. The number of carboxylic acid groups (broad SMARTS) is 1. The van der Waals surface area contributed by atoms with Crippen LogP contribution in [0.4, 0.5) is 4.79 Å². The number of terminal acetylenes is 1. The van der Waals surface area contributed by atoms with Gasteiger partial charge in [-0.15, -0.1) is 12.3 Å². The number of likely N-dealkylation sites (tertiary alicyclic amines) is 1. The molecule has 1 aromatic rings. The van der Waals surface area contributed by atoms with Crippen LogP contribution in [-0.4, -0.2) is 138 Å². The largest absolute Gasteiger partial charge is 0.508 e. The average molecular weight is 954 g/mol. The highest BCUT2D eigenvalue weighted by Gasteiger charge is 2.41. The molecule has 2 rings (SSSR count). The van der Waals surface area contributed by atoms with E-state index in [4.69, 9.17) is 23.6 Å². The number of carboxylic acids is 1. The fraction of sp³-hybridized carbons (Fsp3) is 0.630. The van der Waals surface area contributed by atoms with E-state index in [0.717, 1.165) is 6.42 Å². The summed E-state index contributed by atoms with van der Waals surface area (Å²) in [5.74, 6) is -2.17. The number of aromatic hydroxyl groups is 1. The third-order valence-electron chi connectivity index (χ3n) is 11.0. The summed E-state index contributed by atoms with van der Waals surface area (Å²) in [5.41, 5.74) is 16.5. The van der Waals surface area contributed by atoms with Crippen molar-refractivity contribution in [3.05, 3.63) is 29.8 Å². The Balaban J connectivity index is 2.38. The van der Waals surface area contributed by atoms with Crippen molar-refractivity contribution >= 4 is 53.5 Å². The molecule has 15 N–H and O–H groups in total. The molecule has 1 aromatic carbocycles. The van der Waals surface area contributed by atoms with Gasteiger partial charge in [-0.25, -0.2) is 9.59 Å². The monoisotopic (exact) mass is 954 g/mol. The van der Waals surface area contributed by atoms with Crippen LogP contribution in [0.15, 0.2) is 34.3 Å². The third-order valence-corrected chi connectivity index (χ3v) is 11.0. The normalized spacial score (nSPS) is 15.9. The number of amides is 7. The molecule has 0 unspecified atom stereocenters. The van der Waals surface area contributed by atoms with Gasteiger partial charge in [-0.3, -0.25) is 39.3 Å². The predicted octanol–water partition coefficient (Wildman–Crippen LogP) is -0.119.